The minimum absolute atomic E-state index is 0.315. The molecule has 2 nitrogen and oxygen atoms in total. The van der Waals surface area contributed by atoms with E-state index < -0.39 is 28.5 Å². The summed E-state index contributed by atoms with van der Waals surface area (Å²) in [7, 11) is 0. The van der Waals surface area contributed by atoms with Crippen LogP contribution in [0, 0.1) is 17.3 Å². The lowest BCUT2D eigenvalue weighted by Gasteiger charge is -2.07. The van der Waals surface area contributed by atoms with E-state index >= 15 is 0 Å². The van der Waals surface area contributed by atoms with E-state index in [-0.39, 0.29) is 5.91 Å². The average Bonchev–Trinajstić information content (AvgIpc) is 2.92. The van der Waals surface area contributed by atoms with Gasteiger partial charge in [-0.1, -0.05) is 43.7 Å². The Hall–Kier alpha value is -1.01. The van der Waals surface area contributed by atoms with Crippen molar-refractivity contribution in [1.82, 2.24) is 0 Å². The van der Waals surface area contributed by atoms with E-state index in [1.54, 1.807) is 38.1 Å². The molecule has 1 aromatic rings. The zero-order valence-electron chi connectivity index (χ0n) is 11.8. The summed E-state index contributed by atoms with van der Waals surface area (Å²) in [5, 5.41) is 1.55. The van der Waals surface area contributed by atoms with Gasteiger partial charge in [-0.05, 0) is 39.4 Å². The van der Waals surface area contributed by atoms with Crippen molar-refractivity contribution in [1.29, 1.82) is 0 Å². The lowest BCUT2D eigenvalue weighted by Crippen LogP contribution is -2.17. The summed E-state index contributed by atoms with van der Waals surface area (Å²) in [6.07, 6.45) is -3.64. The van der Waals surface area contributed by atoms with Crippen molar-refractivity contribution in [2.24, 2.45) is 17.3 Å². The summed E-state index contributed by atoms with van der Waals surface area (Å²) in [6.45, 7) is 3.50. The minimum atomic E-state index is -4.58. The first kappa shape index (κ1) is 17.3. The van der Waals surface area contributed by atoms with Crippen LogP contribution in [0.5, 0.6) is 0 Å². The van der Waals surface area contributed by atoms with Crippen LogP contribution in [-0.2, 0) is 4.79 Å². The Kier molecular flexibility index (Phi) is 4.64. The molecule has 2 rings (SSSR count). The topological polar surface area (TPSA) is 29.1 Å². The first-order valence-electron chi connectivity index (χ1n) is 6.55. The van der Waals surface area contributed by atoms with Gasteiger partial charge in [0.05, 0.1) is 11.6 Å². The van der Waals surface area contributed by atoms with Crippen LogP contribution in [-0.4, -0.2) is 12.1 Å². The Labute approximate surface area is 139 Å². The summed E-state index contributed by atoms with van der Waals surface area (Å²) < 4.78 is 38.2. The largest absolute Gasteiger partial charge is 0.426 e. The smallest absolute Gasteiger partial charge is 0.325 e. The first-order chi connectivity index (χ1) is 10.0. The SMILES string of the molecule is CC1(C)C(/C=C(/Cl)C(F)(F)F)C1C(=O)Nc1ccccc1Br. The van der Waals surface area contributed by atoms with Gasteiger partial charge in [0.15, 0.2) is 0 Å². The molecule has 1 N–H and O–H groups in total. The molecule has 0 radical (unpaired) electrons. The fourth-order valence-corrected chi connectivity index (χ4v) is 3.03. The maximum atomic E-state index is 12.5. The number of alkyl halides is 3. The van der Waals surface area contributed by atoms with E-state index in [1.807, 2.05) is 0 Å². The van der Waals surface area contributed by atoms with Crippen LogP contribution >= 0.6 is 27.5 Å². The fraction of sp³-hybridized carbons (Fsp3) is 0.400. The number of anilines is 1. The number of nitrogens with one attached hydrogen (secondary N) is 1. The summed E-state index contributed by atoms with van der Waals surface area (Å²) in [5.74, 6) is -1.40. The van der Waals surface area contributed by atoms with E-state index in [4.69, 9.17) is 11.6 Å². The third-order valence-corrected chi connectivity index (χ3v) is 4.95. The highest BCUT2D eigenvalue weighted by molar-refractivity contribution is 9.10. The van der Waals surface area contributed by atoms with E-state index in [0.29, 0.717) is 10.2 Å². The Morgan fingerprint density at radius 1 is 1.36 bits per heavy atom. The predicted molar refractivity (Wildman–Crippen MR) is 83.5 cm³/mol. The molecule has 2 unspecified atom stereocenters. The van der Waals surface area contributed by atoms with Crippen molar-refractivity contribution in [3.05, 3.63) is 39.8 Å². The maximum absolute atomic E-state index is 12.5. The number of para-hydroxylation sites is 1. The average molecular weight is 397 g/mol. The van der Waals surface area contributed by atoms with Gasteiger partial charge in [-0.25, -0.2) is 0 Å². The molecule has 0 heterocycles. The van der Waals surface area contributed by atoms with Gasteiger partial charge < -0.3 is 5.32 Å². The highest BCUT2D eigenvalue weighted by Crippen LogP contribution is 2.60. The summed E-state index contributed by atoms with van der Waals surface area (Å²) in [6, 6.07) is 7.04. The second kappa shape index (κ2) is 5.89. The predicted octanol–water partition coefficient (Wildman–Crippen LogP) is 5.34. The number of rotatable bonds is 3. The van der Waals surface area contributed by atoms with Crippen LogP contribution < -0.4 is 5.32 Å². The highest BCUT2D eigenvalue weighted by atomic mass is 79.9. The van der Waals surface area contributed by atoms with Gasteiger partial charge in [-0.15, -0.1) is 0 Å². The third-order valence-electron chi connectivity index (χ3n) is 3.92. The molecule has 1 aromatic carbocycles. The molecule has 1 fully saturated rings. The van der Waals surface area contributed by atoms with Crippen LogP contribution in [0.15, 0.2) is 39.8 Å². The van der Waals surface area contributed by atoms with Gasteiger partial charge in [0.25, 0.3) is 0 Å². The Bertz CT molecular complexity index is 627. The van der Waals surface area contributed by atoms with Crippen LogP contribution in [0.3, 0.4) is 0 Å². The molecule has 1 aliphatic rings. The second-order valence-electron chi connectivity index (χ2n) is 5.81. The number of carbonyl (C=O) groups excluding carboxylic acids is 1. The molecule has 0 saturated heterocycles. The number of allylic oxidation sites excluding steroid dienone is 2. The zero-order valence-corrected chi connectivity index (χ0v) is 14.2. The molecule has 7 heteroatoms. The summed E-state index contributed by atoms with van der Waals surface area (Å²) >= 11 is 8.58. The molecule has 2 atom stereocenters. The maximum Gasteiger partial charge on any atom is 0.426 e. The highest BCUT2D eigenvalue weighted by Gasteiger charge is 2.61. The molecule has 1 amide bonds. The molecule has 0 bridgehead atoms. The normalized spacial score (nSPS) is 24.0. The molecule has 1 aliphatic carbocycles. The van der Waals surface area contributed by atoms with Gasteiger partial charge in [-0.2, -0.15) is 13.2 Å². The van der Waals surface area contributed by atoms with Crippen molar-refractivity contribution in [3.63, 3.8) is 0 Å². The summed E-state index contributed by atoms with van der Waals surface area (Å²) in [5.41, 5.74) is 0.0244. The van der Waals surface area contributed by atoms with E-state index in [2.05, 4.69) is 21.2 Å². The van der Waals surface area contributed by atoms with Gasteiger partial charge in [0, 0.05) is 4.47 Å². The molecule has 0 spiro atoms. The van der Waals surface area contributed by atoms with Crippen LogP contribution in [0.25, 0.3) is 0 Å². The van der Waals surface area contributed by atoms with Gasteiger partial charge in [0.1, 0.15) is 5.03 Å². The van der Waals surface area contributed by atoms with Gasteiger partial charge in [-0.3, -0.25) is 4.79 Å². The van der Waals surface area contributed by atoms with Crippen molar-refractivity contribution < 1.29 is 18.0 Å². The molecular weight excluding hydrogens is 383 g/mol. The van der Waals surface area contributed by atoms with Crippen LogP contribution in [0.4, 0.5) is 18.9 Å². The molecule has 0 aromatic heterocycles. The number of benzene rings is 1. The van der Waals surface area contributed by atoms with Crippen molar-refractivity contribution >= 4 is 39.1 Å². The second-order valence-corrected chi connectivity index (χ2v) is 7.07. The molecule has 22 heavy (non-hydrogen) atoms. The first-order valence-corrected chi connectivity index (χ1v) is 7.72. The van der Waals surface area contributed by atoms with Crippen LogP contribution in [0.1, 0.15) is 13.8 Å². The number of halogens is 5. The third kappa shape index (κ3) is 3.49. The molecule has 0 aliphatic heterocycles. The number of hydrogen-bond donors (Lipinski definition) is 1. The lowest BCUT2D eigenvalue weighted by molar-refractivity contribution is -0.118. The van der Waals surface area contributed by atoms with E-state index in [1.165, 1.54) is 0 Å². The quantitative estimate of drug-likeness (QED) is 0.733. The van der Waals surface area contributed by atoms with E-state index in [0.717, 1.165) is 6.08 Å². The Balaban J connectivity index is 2.13. The summed E-state index contributed by atoms with van der Waals surface area (Å²) in [4.78, 5) is 12.3. The zero-order chi connectivity index (χ0) is 16.7. The van der Waals surface area contributed by atoms with Crippen molar-refractivity contribution in [3.8, 4) is 0 Å². The monoisotopic (exact) mass is 395 g/mol. The Morgan fingerprint density at radius 3 is 2.50 bits per heavy atom. The standard InChI is InChI=1S/C15H14BrClF3NO/c1-14(2)8(7-11(17)15(18,19)20)12(14)13(22)21-10-6-4-3-5-9(10)16/h3-8,12H,1-2H3,(H,21,22)/b11-7+. The van der Waals surface area contributed by atoms with Crippen molar-refractivity contribution in [2.75, 3.05) is 5.32 Å². The molecule has 1 saturated carbocycles. The van der Waals surface area contributed by atoms with E-state index in [9.17, 15) is 18.0 Å². The number of carbonyl (C=O) groups is 1. The molecule has 120 valence electrons. The fourth-order valence-electron chi connectivity index (χ4n) is 2.51. The number of amides is 1. The van der Waals surface area contributed by atoms with Crippen molar-refractivity contribution in [2.45, 2.75) is 20.0 Å². The van der Waals surface area contributed by atoms with Gasteiger partial charge in [0.2, 0.25) is 5.91 Å². The minimum Gasteiger partial charge on any atom is -0.325 e. The van der Waals surface area contributed by atoms with Gasteiger partial charge >= 0.3 is 6.18 Å². The Morgan fingerprint density at radius 2 is 1.95 bits per heavy atom. The molecular formula is C15H14BrClF3NO. The van der Waals surface area contributed by atoms with Crippen LogP contribution in [0.2, 0.25) is 0 Å². The number of hydrogen-bond acceptors (Lipinski definition) is 1. The lowest BCUT2D eigenvalue weighted by atomic mass is 10.1.